The molecule has 0 N–H and O–H groups in total. The normalized spacial score (nSPS) is 12.5. The van der Waals surface area contributed by atoms with Gasteiger partial charge in [-0.15, -0.1) is 0 Å². The van der Waals surface area contributed by atoms with Gasteiger partial charge in [0, 0.05) is 22.6 Å². The van der Waals surface area contributed by atoms with E-state index in [4.69, 9.17) is 4.99 Å². The average molecular weight is 403 g/mol. The van der Waals surface area contributed by atoms with Gasteiger partial charge in [0.2, 0.25) is 0 Å². The topological polar surface area (TPSA) is 24.7 Å². The third-order valence-corrected chi connectivity index (χ3v) is 4.37. The first-order valence-electron chi connectivity index (χ1n) is 8.36. The van der Waals surface area contributed by atoms with Crippen molar-refractivity contribution in [3.05, 3.63) is 112 Å². The summed E-state index contributed by atoms with van der Waals surface area (Å²) in [6.07, 6.45) is 4.10. The third-order valence-electron chi connectivity index (χ3n) is 3.84. The summed E-state index contributed by atoms with van der Waals surface area (Å²) in [7, 11) is 1.77. The van der Waals surface area contributed by atoms with Crippen molar-refractivity contribution in [3.63, 3.8) is 0 Å². The zero-order valence-electron chi connectivity index (χ0n) is 14.5. The Labute approximate surface area is 162 Å². The monoisotopic (exact) mass is 402 g/mol. The zero-order chi connectivity index (χ0) is 18.2. The molecule has 0 aliphatic rings. The first-order valence-corrected chi connectivity index (χ1v) is 9.15. The number of hydrogen-bond donors (Lipinski definition) is 0. The smallest absolute Gasteiger partial charge is 0.154 e. The second-order valence-electron chi connectivity index (χ2n) is 5.66. The highest BCUT2D eigenvalue weighted by atomic mass is 79.9. The summed E-state index contributed by atoms with van der Waals surface area (Å²) in [6.45, 7) is 0. The lowest BCUT2D eigenvalue weighted by Crippen LogP contribution is -2.04. The number of rotatable bonds is 4. The minimum Gasteiger partial charge on any atom is -0.270 e. The lowest BCUT2D eigenvalue weighted by Gasteiger charge is -2.05. The van der Waals surface area contributed by atoms with Crippen LogP contribution in [0.2, 0.25) is 0 Å². The number of benzene rings is 3. The maximum Gasteiger partial charge on any atom is 0.154 e. The standard InChI is InChI=1S/C23H19BrN2/c1-25-23(20-10-6-3-7-11-20)26-22(19-8-4-2-5-9-19)17-14-18-12-15-21(24)16-13-18/h2-17H,1H3/b17-14+,25-23?,26-22?. The van der Waals surface area contributed by atoms with Crippen molar-refractivity contribution in [3.8, 4) is 0 Å². The van der Waals surface area contributed by atoms with E-state index in [9.17, 15) is 0 Å². The highest BCUT2D eigenvalue weighted by molar-refractivity contribution is 9.10. The van der Waals surface area contributed by atoms with Crippen molar-refractivity contribution < 1.29 is 0 Å². The lowest BCUT2D eigenvalue weighted by molar-refractivity contribution is 1.38. The molecule has 0 atom stereocenters. The Morgan fingerprint density at radius 1 is 0.769 bits per heavy atom. The van der Waals surface area contributed by atoms with Crippen LogP contribution in [0, 0.1) is 0 Å². The van der Waals surface area contributed by atoms with E-state index in [0.717, 1.165) is 26.9 Å². The quantitative estimate of drug-likeness (QED) is 0.376. The molecule has 0 aromatic heterocycles. The molecule has 128 valence electrons. The summed E-state index contributed by atoms with van der Waals surface area (Å²) in [5.41, 5.74) is 4.04. The molecule has 0 aliphatic carbocycles. The highest BCUT2D eigenvalue weighted by Crippen LogP contribution is 2.13. The molecule has 3 rings (SSSR count). The van der Waals surface area contributed by atoms with Gasteiger partial charge in [-0.05, 0) is 23.8 Å². The Hall–Kier alpha value is -2.78. The third kappa shape index (κ3) is 4.87. The summed E-state index contributed by atoms with van der Waals surface area (Å²) < 4.78 is 1.07. The number of hydrogen-bond acceptors (Lipinski definition) is 1. The van der Waals surface area contributed by atoms with Crippen molar-refractivity contribution >= 4 is 33.6 Å². The Bertz CT molecular complexity index is 925. The summed E-state index contributed by atoms with van der Waals surface area (Å²) >= 11 is 3.47. The predicted octanol–water partition coefficient (Wildman–Crippen LogP) is 6.03. The molecule has 0 bridgehead atoms. The zero-order valence-corrected chi connectivity index (χ0v) is 16.1. The first kappa shape index (κ1) is 18.0. The van der Waals surface area contributed by atoms with Crippen molar-refractivity contribution in [2.45, 2.75) is 0 Å². The molecule has 0 amide bonds. The SMILES string of the molecule is CN=C(N=C(/C=C/c1ccc(Br)cc1)c1ccccc1)c1ccccc1. The van der Waals surface area contributed by atoms with Crippen molar-refractivity contribution in [1.82, 2.24) is 0 Å². The Morgan fingerprint density at radius 3 is 1.92 bits per heavy atom. The van der Waals surface area contributed by atoms with Gasteiger partial charge in [0.05, 0.1) is 5.71 Å². The van der Waals surface area contributed by atoms with Crippen molar-refractivity contribution in [2.75, 3.05) is 7.05 Å². The van der Waals surface area contributed by atoms with Crippen LogP contribution in [0.25, 0.3) is 6.08 Å². The van der Waals surface area contributed by atoms with Crippen LogP contribution in [-0.4, -0.2) is 18.6 Å². The molecule has 0 saturated carbocycles. The highest BCUT2D eigenvalue weighted by Gasteiger charge is 2.04. The molecular formula is C23H19BrN2. The second kappa shape index (κ2) is 9.07. The minimum atomic E-state index is 0.713. The van der Waals surface area contributed by atoms with E-state index in [1.807, 2.05) is 66.7 Å². The maximum absolute atomic E-state index is 4.84. The molecule has 3 heteroatoms. The molecule has 0 aliphatic heterocycles. The Balaban J connectivity index is 1.99. The molecule has 0 saturated heterocycles. The van der Waals surface area contributed by atoms with Crippen LogP contribution < -0.4 is 0 Å². The van der Waals surface area contributed by atoms with Gasteiger partial charge >= 0.3 is 0 Å². The molecule has 0 heterocycles. The van der Waals surface area contributed by atoms with Crippen LogP contribution in [0.3, 0.4) is 0 Å². The summed E-state index contributed by atoms with van der Waals surface area (Å²) in [4.78, 5) is 9.22. The summed E-state index contributed by atoms with van der Waals surface area (Å²) in [5, 5.41) is 0. The summed E-state index contributed by atoms with van der Waals surface area (Å²) in [5.74, 6) is 0.713. The van der Waals surface area contributed by atoms with Gasteiger partial charge in [-0.2, -0.15) is 0 Å². The first-order chi connectivity index (χ1) is 12.8. The fourth-order valence-corrected chi connectivity index (χ4v) is 2.77. The van der Waals surface area contributed by atoms with Gasteiger partial charge in [0.15, 0.2) is 5.84 Å². The van der Waals surface area contributed by atoms with Gasteiger partial charge in [0.25, 0.3) is 0 Å². The van der Waals surface area contributed by atoms with Crippen LogP contribution in [0.5, 0.6) is 0 Å². The number of amidine groups is 1. The number of aliphatic imine (C=N–C) groups is 2. The van der Waals surface area contributed by atoms with Gasteiger partial charge in [-0.3, -0.25) is 4.99 Å². The number of allylic oxidation sites excluding steroid dienone is 1. The molecule has 2 nitrogen and oxygen atoms in total. The van der Waals surface area contributed by atoms with Crippen LogP contribution in [-0.2, 0) is 0 Å². The Morgan fingerprint density at radius 2 is 1.35 bits per heavy atom. The fourth-order valence-electron chi connectivity index (χ4n) is 2.50. The van der Waals surface area contributed by atoms with E-state index in [2.05, 4.69) is 51.3 Å². The minimum absolute atomic E-state index is 0.713. The molecule has 0 radical (unpaired) electrons. The van der Waals surface area contributed by atoms with E-state index < -0.39 is 0 Å². The molecule has 0 spiro atoms. The lowest BCUT2D eigenvalue weighted by atomic mass is 10.1. The molecule has 26 heavy (non-hydrogen) atoms. The van der Waals surface area contributed by atoms with Crippen LogP contribution in [0.1, 0.15) is 16.7 Å². The van der Waals surface area contributed by atoms with Crippen molar-refractivity contribution in [2.24, 2.45) is 9.98 Å². The van der Waals surface area contributed by atoms with Gasteiger partial charge < -0.3 is 0 Å². The van der Waals surface area contributed by atoms with Gasteiger partial charge in [-0.25, -0.2) is 4.99 Å². The largest absolute Gasteiger partial charge is 0.270 e. The Kier molecular flexibility index (Phi) is 6.29. The predicted molar refractivity (Wildman–Crippen MR) is 115 cm³/mol. The molecule has 0 unspecified atom stereocenters. The van der Waals surface area contributed by atoms with E-state index in [1.54, 1.807) is 7.05 Å². The molecule has 3 aromatic rings. The van der Waals surface area contributed by atoms with Gasteiger partial charge in [-0.1, -0.05) is 94.8 Å². The van der Waals surface area contributed by atoms with E-state index >= 15 is 0 Å². The van der Waals surface area contributed by atoms with Gasteiger partial charge in [0.1, 0.15) is 0 Å². The summed E-state index contributed by atoms with van der Waals surface area (Å²) in [6, 6.07) is 28.4. The average Bonchev–Trinajstić information content (AvgIpc) is 2.71. The molecule has 3 aromatic carbocycles. The second-order valence-corrected chi connectivity index (χ2v) is 6.58. The van der Waals surface area contributed by atoms with Crippen LogP contribution in [0.4, 0.5) is 0 Å². The van der Waals surface area contributed by atoms with E-state index in [0.29, 0.717) is 5.84 Å². The van der Waals surface area contributed by atoms with Crippen molar-refractivity contribution in [1.29, 1.82) is 0 Å². The van der Waals surface area contributed by atoms with Crippen LogP contribution in [0.15, 0.2) is 105 Å². The molecular weight excluding hydrogens is 384 g/mol. The fraction of sp³-hybridized carbons (Fsp3) is 0.0435. The molecule has 0 fully saturated rings. The maximum atomic E-state index is 4.84. The van der Waals surface area contributed by atoms with Crippen LogP contribution >= 0.6 is 15.9 Å². The van der Waals surface area contributed by atoms with E-state index in [1.165, 1.54) is 0 Å². The number of nitrogens with zero attached hydrogens (tertiary/aromatic N) is 2. The van der Waals surface area contributed by atoms with E-state index in [-0.39, 0.29) is 0 Å². The number of halogens is 1.